The Bertz CT molecular complexity index is 732. The van der Waals surface area contributed by atoms with E-state index in [1.165, 1.54) is 6.92 Å². The second-order valence-corrected chi connectivity index (χ2v) is 6.34. The molecule has 2 aromatic carbocycles. The van der Waals surface area contributed by atoms with Crippen molar-refractivity contribution in [3.8, 4) is 5.75 Å². The Morgan fingerprint density at radius 2 is 1.56 bits per heavy atom. The summed E-state index contributed by atoms with van der Waals surface area (Å²) < 4.78 is 5.16. The zero-order valence-corrected chi connectivity index (χ0v) is 16.0. The molecule has 0 unspecified atom stereocenters. The summed E-state index contributed by atoms with van der Waals surface area (Å²) in [6, 6.07) is 17.0. The van der Waals surface area contributed by atoms with Crippen molar-refractivity contribution in [2.45, 2.75) is 32.0 Å². The van der Waals surface area contributed by atoms with Crippen molar-refractivity contribution >= 4 is 11.8 Å². The highest BCUT2D eigenvalue weighted by Gasteiger charge is 2.21. The molecule has 0 aliphatic rings. The number of methoxy groups -OCH3 is 1. The molecule has 0 saturated carbocycles. The maximum absolute atomic E-state index is 12.7. The van der Waals surface area contributed by atoms with Crippen LogP contribution in [0.25, 0.3) is 0 Å². The first kappa shape index (κ1) is 20.5. The quantitative estimate of drug-likeness (QED) is 0.587. The first-order valence-electron chi connectivity index (χ1n) is 8.93. The van der Waals surface area contributed by atoms with E-state index in [0.717, 1.165) is 16.9 Å². The number of ether oxygens (including phenoxy) is 1. The van der Waals surface area contributed by atoms with Gasteiger partial charge < -0.3 is 20.7 Å². The van der Waals surface area contributed by atoms with Crippen molar-refractivity contribution in [2.75, 3.05) is 14.2 Å². The van der Waals surface area contributed by atoms with Gasteiger partial charge in [0.05, 0.1) is 13.2 Å². The van der Waals surface area contributed by atoms with Crippen molar-refractivity contribution < 1.29 is 14.3 Å². The molecule has 2 aromatic rings. The molecule has 27 heavy (non-hydrogen) atoms. The summed E-state index contributed by atoms with van der Waals surface area (Å²) >= 11 is 0. The van der Waals surface area contributed by atoms with Crippen LogP contribution in [0, 0.1) is 0 Å². The first-order valence-corrected chi connectivity index (χ1v) is 8.93. The van der Waals surface area contributed by atoms with Gasteiger partial charge in [-0.1, -0.05) is 42.5 Å². The highest BCUT2D eigenvalue weighted by molar-refractivity contribution is 5.83. The second kappa shape index (κ2) is 10.3. The summed E-state index contributed by atoms with van der Waals surface area (Å²) in [5.74, 6) is 0.406. The van der Waals surface area contributed by atoms with E-state index < -0.39 is 6.17 Å². The van der Waals surface area contributed by atoms with E-state index in [-0.39, 0.29) is 17.9 Å². The van der Waals surface area contributed by atoms with E-state index in [9.17, 15) is 9.59 Å². The molecule has 0 aliphatic heterocycles. The van der Waals surface area contributed by atoms with Crippen LogP contribution >= 0.6 is 0 Å². The Morgan fingerprint density at radius 3 is 2.11 bits per heavy atom. The monoisotopic (exact) mass is 369 g/mol. The van der Waals surface area contributed by atoms with Gasteiger partial charge in [-0.3, -0.25) is 9.59 Å². The van der Waals surface area contributed by atoms with Gasteiger partial charge in [0.2, 0.25) is 11.8 Å². The molecular weight excluding hydrogens is 342 g/mol. The number of benzene rings is 2. The molecule has 0 heterocycles. The number of amides is 2. The maximum Gasteiger partial charge on any atom is 0.239 e. The van der Waals surface area contributed by atoms with Gasteiger partial charge >= 0.3 is 0 Å². The Balaban J connectivity index is 2.03. The van der Waals surface area contributed by atoms with Crippen molar-refractivity contribution in [2.24, 2.45) is 0 Å². The van der Waals surface area contributed by atoms with Crippen LogP contribution in [0.3, 0.4) is 0 Å². The molecule has 0 spiro atoms. The fourth-order valence-electron chi connectivity index (χ4n) is 2.83. The Hall–Kier alpha value is -2.86. The minimum atomic E-state index is -0.491. The standard InChI is InChI=1S/C21H27N3O3/c1-15(25)23-20(14-17-9-11-18(27-3)12-10-17)24-21(26)19(22-2)13-16-7-5-4-6-8-16/h4-12,19-20,22H,13-14H2,1-3H3,(H,23,25)(H,24,26)/t19-,20-/m0/s1. The largest absolute Gasteiger partial charge is 0.497 e. The SMILES string of the molecule is CN[C@@H](Cc1ccccc1)C(=O)N[C@@H](Cc1ccc(OC)cc1)NC(C)=O. The lowest BCUT2D eigenvalue weighted by Gasteiger charge is -2.23. The van der Waals surface area contributed by atoms with Crippen LogP contribution in [0.5, 0.6) is 5.75 Å². The van der Waals surface area contributed by atoms with E-state index in [0.29, 0.717) is 12.8 Å². The lowest BCUT2D eigenvalue weighted by atomic mass is 10.0. The molecule has 3 N–H and O–H groups in total. The van der Waals surface area contributed by atoms with Crippen LogP contribution in [0.4, 0.5) is 0 Å². The number of nitrogens with one attached hydrogen (secondary N) is 3. The normalized spacial score (nSPS) is 12.7. The molecular formula is C21H27N3O3. The molecule has 6 nitrogen and oxygen atoms in total. The summed E-state index contributed by atoms with van der Waals surface area (Å²) in [5.41, 5.74) is 2.05. The third-order valence-electron chi connectivity index (χ3n) is 4.24. The molecule has 0 saturated heterocycles. The van der Waals surface area contributed by atoms with Gasteiger partial charge in [-0.2, -0.15) is 0 Å². The molecule has 2 rings (SSSR count). The minimum Gasteiger partial charge on any atom is -0.497 e. The molecule has 0 aliphatic carbocycles. The van der Waals surface area contributed by atoms with Crippen LogP contribution in [-0.4, -0.2) is 38.2 Å². The van der Waals surface area contributed by atoms with Gasteiger partial charge in [0.15, 0.2) is 0 Å². The van der Waals surface area contributed by atoms with Crippen LogP contribution < -0.4 is 20.7 Å². The summed E-state index contributed by atoms with van der Waals surface area (Å²) in [7, 11) is 3.37. The second-order valence-electron chi connectivity index (χ2n) is 6.34. The van der Waals surface area contributed by atoms with Crippen molar-refractivity contribution in [1.82, 2.24) is 16.0 Å². The molecule has 0 radical (unpaired) electrons. The minimum absolute atomic E-state index is 0.159. The van der Waals surface area contributed by atoms with Gasteiger partial charge in [-0.15, -0.1) is 0 Å². The van der Waals surface area contributed by atoms with E-state index in [4.69, 9.17) is 4.74 Å². The number of hydrogen-bond acceptors (Lipinski definition) is 4. The molecule has 2 atom stereocenters. The molecule has 0 bridgehead atoms. The smallest absolute Gasteiger partial charge is 0.239 e. The highest BCUT2D eigenvalue weighted by atomic mass is 16.5. The Morgan fingerprint density at radius 1 is 0.926 bits per heavy atom. The zero-order chi connectivity index (χ0) is 19.6. The third kappa shape index (κ3) is 6.75. The Labute approximate surface area is 160 Å². The molecule has 144 valence electrons. The lowest BCUT2D eigenvalue weighted by molar-refractivity contribution is -0.125. The average Bonchev–Trinajstić information content (AvgIpc) is 2.67. The number of carbonyl (C=O) groups is 2. The third-order valence-corrected chi connectivity index (χ3v) is 4.24. The van der Waals surface area contributed by atoms with Gasteiger partial charge in [-0.05, 0) is 36.7 Å². The topological polar surface area (TPSA) is 79.5 Å². The summed E-state index contributed by atoms with van der Waals surface area (Å²) in [4.78, 5) is 24.3. The fourth-order valence-corrected chi connectivity index (χ4v) is 2.83. The summed E-state index contributed by atoms with van der Waals surface area (Å²) in [6.07, 6.45) is 0.560. The lowest BCUT2D eigenvalue weighted by Crippen LogP contribution is -2.54. The van der Waals surface area contributed by atoms with E-state index in [1.807, 2.05) is 54.6 Å². The summed E-state index contributed by atoms with van der Waals surface area (Å²) in [5, 5.41) is 8.78. The maximum atomic E-state index is 12.7. The number of carbonyl (C=O) groups excluding carboxylic acids is 2. The van der Waals surface area contributed by atoms with Gasteiger partial charge in [0.25, 0.3) is 0 Å². The fraction of sp³-hybridized carbons (Fsp3) is 0.333. The number of likely N-dealkylation sites (N-methyl/N-ethyl adjacent to an activating group) is 1. The average molecular weight is 369 g/mol. The predicted octanol–water partition coefficient (Wildman–Crippen LogP) is 1.65. The van der Waals surface area contributed by atoms with Crippen LogP contribution in [0.1, 0.15) is 18.1 Å². The number of hydrogen-bond donors (Lipinski definition) is 3. The number of rotatable bonds is 9. The van der Waals surface area contributed by atoms with Gasteiger partial charge in [0.1, 0.15) is 11.9 Å². The van der Waals surface area contributed by atoms with Crippen molar-refractivity contribution in [1.29, 1.82) is 0 Å². The van der Waals surface area contributed by atoms with Gasteiger partial charge in [0, 0.05) is 13.3 Å². The van der Waals surface area contributed by atoms with Gasteiger partial charge in [-0.25, -0.2) is 0 Å². The molecule has 0 fully saturated rings. The summed E-state index contributed by atoms with van der Waals surface area (Å²) in [6.45, 7) is 1.44. The van der Waals surface area contributed by atoms with E-state index >= 15 is 0 Å². The van der Waals surface area contributed by atoms with Crippen LogP contribution in [0.15, 0.2) is 54.6 Å². The highest BCUT2D eigenvalue weighted by Crippen LogP contribution is 2.12. The van der Waals surface area contributed by atoms with Crippen molar-refractivity contribution in [3.05, 3.63) is 65.7 Å². The first-order chi connectivity index (χ1) is 13.0. The van der Waals surface area contributed by atoms with Crippen LogP contribution in [0.2, 0.25) is 0 Å². The van der Waals surface area contributed by atoms with E-state index in [2.05, 4.69) is 16.0 Å². The molecule has 6 heteroatoms. The Kier molecular flexibility index (Phi) is 7.82. The zero-order valence-electron chi connectivity index (χ0n) is 16.0. The molecule has 2 amide bonds. The van der Waals surface area contributed by atoms with Crippen LogP contribution in [-0.2, 0) is 22.4 Å². The van der Waals surface area contributed by atoms with E-state index in [1.54, 1.807) is 14.2 Å². The molecule has 0 aromatic heterocycles. The predicted molar refractivity (Wildman–Crippen MR) is 105 cm³/mol. The van der Waals surface area contributed by atoms with Crippen molar-refractivity contribution in [3.63, 3.8) is 0 Å².